The summed E-state index contributed by atoms with van der Waals surface area (Å²) in [4.78, 5) is 17.7. The lowest BCUT2D eigenvalue weighted by Gasteiger charge is -2.16. The van der Waals surface area contributed by atoms with Crippen LogP contribution in [-0.4, -0.2) is 37.2 Å². The second kappa shape index (κ2) is 7.75. The third-order valence-corrected chi connectivity index (χ3v) is 4.58. The van der Waals surface area contributed by atoms with Gasteiger partial charge in [-0.05, 0) is 50.6 Å². The molecule has 0 bridgehead atoms. The lowest BCUT2D eigenvalue weighted by atomic mass is 10.1. The molecule has 0 aliphatic heterocycles. The SMILES string of the molecule is COc1cc(-c2ncc(C)cn2)cc2c(N[C@H](C)c3ccc(C)nn3)ncnc12. The first kappa shape index (κ1) is 18.7. The summed E-state index contributed by atoms with van der Waals surface area (Å²) in [7, 11) is 1.62. The number of rotatable bonds is 5. The fourth-order valence-corrected chi connectivity index (χ4v) is 3.00. The summed E-state index contributed by atoms with van der Waals surface area (Å²) < 4.78 is 5.58. The van der Waals surface area contributed by atoms with Crippen LogP contribution >= 0.6 is 0 Å². The van der Waals surface area contributed by atoms with Crippen molar-refractivity contribution < 1.29 is 4.74 Å². The summed E-state index contributed by atoms with van der Waals surface area (Å²) in [5.74, 6) is 1.93. The molecular weight excluding hydrogens is 366 g/mol. The predicted molar refractivity (Wildman–Crippen MR) is 111 cm³/mol. The summed E-state index contributed by atoms with van der Waals surface area (Å²) in [6.45, 7) is 5.88. The maximum atomic E-state index is 5.58. The van der Waals surface area contributed by atoms with Gasteiger partial charge in [0.1, 0.15) is 23.4 Å². The van der Waals surface area contributed by atoms with E-state index in [2.05, 4.69) is 35.5 Å². The zero-order valence-electron chi connectivity index (χ0n) is 16.7. The van der Waals surface area contributed by atoms with Gasteiger partial charge in [-0.2, -0.15) is 10.2 Å². The number of methoxy groups -OCH3 is 1. The van der Waals surface area contributed by atoms with E-state index in [0.717, 1.165) is 27.9 Å². The number of nitrogens with zero attached hydrogens (tertiary/aromatic N) is 6. The van der Waals surface area contributed by atoms with Crippen LogP contribution in [-0.2, 0) is 0 Å². The number of aryl methyl sites for hydroxylation is 2. The van der Waals surface area contributed by atoms with E-state index < -0.39 is 0 Å². The van der Waals surface area contributed by atoms with Crippen LogP contribution in [0.3, 0.4) is 0 Å². The maximum Gasteiger partial charge on any atom is 0.159 e. The largest absolute Gasteiger partial charge is 0.494 e. The minimum Gasteiger partial charge on any atom is -0.494 e. The van der Waals surface area contributed by atoms with Gasteiger partial charge in [0.05, 0.1) is 24.5 Å². The molecule has 4 aromatic rings. The van der Waals surface area contributed by atoms with Crippen LogP contribution in [0, 0.1) is 13.8 Å². The Kier molecular flexibility index (Phi) is 4.99. The van der Waals surface area contributed by atoms with Gasteiger partial charge in [0.2, 0.25) is 0 Å². The Labute approximate surface area is 168 Å². The van der Waals surface area contributed by atoms with Gasteiger partial charge in [-0.1, -0.05) is 0 Å². The first-order valence-corrected chi connectivity index (χ1v) is 9.23. The van der Waals surface area contributed by atoms with Gasteiger partial charge < -0.3 is 10.1 Å². The predicted octanol–water partition coefficient (Wildman–Crippen LogP) is 3.68. The van der Waals surface area contributed by atoms with Crippen molar-refractivity contribution in [2.75, 3.05) is 12.4 Å². The maximum absolute atomic E-state index is 5.58. The Hall–Kier alpha value is -3.68. The summed E-state index contributed by atoms with van der Waals surface area (Å²) >= 11 is 0. The quantitative estimate of drug-likeness (QED) is 0.554. The molecule has 0 aliphatic carbocycles. The van der Waals surface area contributed by atoms with E-state index in [-0.39, 0.29) is 6.04 Å². The average molecular weight is 387 g/mol. The minimum atomic E-state index is -0.0912. The molecule has 1 atom stereocenters. The molecule has 8 heteroatoms. The molecule has 0 saturated carbocycles. The third-order valence-electron chi connectivity index (χ3n) is 4.58. The highest BCUT2D eigenvalue weighted by Gasteiger charge is 2.15. The molecule has 29 heavy (non-hydrogen) atoms. The molecule has 0 amide bonds. The molecule has 3 heterocycles. The Balaban J connectivity index is 1.78. The highest BCUT2D eigenvalue weighted by molar-refractivity contribution is 5.96. The van der Waals surface area contributed by atoms with Gasteiger partial charge in [-0.3, -0.25) is 0 Å². The molecule has 0 radical (unpaired) electrons. The van der Waals surface area contributed by atoms with Gasteiger partial charge >= 0.3 is 0 Å². The molecule has 0 spiro atoms. The summed E-state index contributed by atoms with van der Waals surface area (Å²) in [5.41, 5.74) is 4.24. The number of benzene rings is 1. The van der Waals surface area contributed by atoms with Crippen molar-refractivity contribution in [2.45, 2.75) is 26.8 Å². The smallest absolute Gasteiger partial charge is 0.159 e. The van der Waals surface area contributed by atoms with Crippen LogP contribution in [0.25, 0.3) is 22.3 Å². The number of hydrogen-bond donors (Lipinski definition) is 1. The van der Waals surface area contributed by atoms with E-state index in [0.29, 0.717) is 22.9 Å². The van der Waals surface area contributed by atoms with Crippen molar-refractivity contribution >= 4 is 16.7 Å². The van der Waals surface area contributed by atoms with Crippen LogP contribution in [0.5, 0.6) is 5.75 Å². The first-order valence-electron chi connectivity index (χ1n) is 9.23. The topological polar surface area (TPSA) is 98.6 Å². The molecule has 1 N–H and O–H groups in total. The standard InChI is InChI=1S/C21H21N7O/c1-12-9-22-20(23-10-12)15-7-16-19(18(8-15)29-4)24-11-25-21(16)26-14(3)17-6-5-13(2)27-28-17/h5-11,14H,1-4H3,(H,24,25,26)/t14-/m1/s1. The Morgan fingerprint density at radius 2 is 1.76 bits per heavy atom. The van der Waals surface area contributed by atoms with Crippen LogP contribution < -0.4 is 10.1 Å². The van der Waals surface area contributed by atoms with Crippen LogP contribution in [0.15, 0.2) is 43.0 Å². The van der Waals surface area contributed by atoms with Crippen molar-refractivity contribution in [1.82, 2.24) is 30.1 Å². The van der Waals surface area contributed by atoms with E-state index in [9.17, 15) is 0 Å². The number of nitrogens with one attached hydrogen (secondary N) is 1. The lowest BCUT2D eigenvalue weighted by Crippen LogP contribution is -2.11. The number of anilines is 1. The zero-order chi connectivity index (χ0) is 20.4. The molecular formula is C21H21N7O. The molecule has 1 aromatic carbocycles. The van der Waals surface area contributed by atoms with Crippen molar-refractivity contribution in [3.8, 4) is 17.1 Å². The van der Waals surface area contributed by atoms with Gasteiger partial charge in [0.25, 0.3) is 0 Å². The molecule has 0 fully saturated rings. The Bertz CT molecular complexity index is 1140. The first-order chi connectivity index (χ1) is 14.0. The van der Waals surface area contributed by atoms with Crippen LogP contribution in [0.4, 0.5) is 5.82 Å². The second-order valence-electron chi connectivity index (χ2n) is 6.85. The number of hydrogen-bond acceptors (Lipinski definition) is 8. The highest BCUT2D eigenvalue weighted by atomic mass is 16.5. The van der Waals surface area contributed by atoms with Gasteiger partial charge in [0.15, 0.2) is 5.82 Å². The number of aromatic nitrogens is 6. The number of ether oxygens (including phenoxy) is 1. The fraction of sp³-hybridized carbons (Fsp3) is 0.238. The van der Waals surface area contributed by atoms with Gasteiger partial charge in [-0.25, -0.2) is 19.9 Å². The summed E-state index contributed by atoms with van der Waals surface area (Å²) in [6, 6.07) is 7.66. The number of fused-ring (bicyclic) bond motifs is 1. The van der Waals surface area contributed by atoms with Crippen molar-refractivity contribution in [3.63, 3.8) is 0 Å². The normalized spacial score (nSPS) is 12.0. The van der Waals surface area contributed by atoms with Gasteiger partial charge in [0, 0.05) is 23.3 Å². The molecule has 146 valence electrons. The Morgan fingerprint density at radius 3 is 2.45 bits per heavy atom. The highest BCUT2D eigenvalue weighted by Crippen LogP contribution is 2.33. The van der Waals surface area contributed by atoms with E-state index in [1.54, 1.807) is 19.5 Å². The monoisotopic (exact) mass is 387 g/mol. The molecule has 0 unspecified atom stereocenters. The Morgan fingerprint density at radius 1 is 0.966 bits per heavy atom. The lowest BCUT2D eigenvalue weighted by molar-refractivity contribution is 0.419. The molecule has 8 nitrogen and oxygen atoms in total. The molecule has 4 rings (SSSR count). The van der Waals surface area contributed by atoms with E-state index in [4.69, 9.17) is 4.74 Å². The van der Waals surface area contributed by atoms with Crippen LogP contribution in [0.2, 0.25) is 0 Å². The summed E-state index contributed by atoms with van der Waals surface area (Å²) in [5, 5.41) is 12.6. The molecule has 0 saturated heterocycles. The van der Waals surface area contributed by atoms with E-state index in [1.165, 1.54) is 6.33 Å². The van der Waals surface area contributed by atoms with Crippen molar-refractivity contribution in [1.29, 1.82) is 0 Å². The molecule has 0 aliphatic rings. The van der Waals surface area contributed by atoms with E-state index in [1.807, 2.05) is 45.0 Å². The van der Waals surface area contributed by atoms with E-state index >= 15 is 0 Å². The summed E-state index contributed by atoms with van der Waals surface area (Å²) in [6.07, 6.45) is 5.10. The minimum absolute atomic E-state index is 0.0912. The second-order valence-corrected chi connectivity index (χ2v) is 6.85. The van der Waals surface area contributed by atoms with Crippen molar-refractivity contribution in [2.24, 2.45) is 0 Å². The third kappa shape index (κ3) is 3.82. The van der Waals surface area contributed by atoms with Gasteiger partial charge in [-0.15, -0.1) is 0 Å². The van der Waals surface area contributed by atoms with Crippen molar-refractivity contribution in [3.05, 3.63) is 59.9 Å². The molecule has 3 aromatic heterocycles. The fourth-order valence-electron chi connectivity index (χ4n) is 3.00. The zero-order valence-corrected chi connectivity index (χ0v) is 16.7. The average Bonchev–Trinajstić information content (AvgIpc) is 2.74. The van der Waals surface area contributed by atoms with Crippen LogP contribution in [0.1, 0.15) is 29.9 Å².